The van der Waals surface area contributed by atoms with E-state index in [9.17, 15) is 9.90 Å². The second-order valence-corrected chi connectivity index (χ2v) is 2.06. The average molecular weight is 152 g/mol. The molecule has 0 aromatic rings. The highest BCUT2D eigenvalue weighted by Gasteiger charge is 2.02. The summed E-state index contributed by atoms with van der Waals surface area (Å²) in [6.45, 7) is 6.56. The van der Waals surface area contributed by atoms with Gasteiger partial charge in [0.2, 0.25) is 0 Å². The number of ketones is 1. The molecule has 11 heavy (non-hydrogen) atoms. The van der Waals surface area contributed by atoms with Gasteiger partial charge in [-0.25, -0.2) is 0 Å². The highest BCUT2D eigenvalue weighted by molar-refractivity contribution is 5.96. The summed E-state index contributed by atoms with van der Waals surface area (Å²) in [5, 5.41) is 9.18. The molecule has 0 bridgehead atoms. The van der Waals surface area contributed by atoms with E-state index in [2.05, 4.69) is 6.58 Å². The lowest BCUT2D eigenvalue weighted by Gasteiger charge is -1.96. The van der Waals surface area contributed by atoms with Crippen molar-refractivity contribution in [1.82, 2.24) is 0 Å². The second-order valence-electron chi connectivity index (χ2n) is 2.06. The fourth-order valence-electron chi connectivity index (χ4n) is 0.676. The predicted octanol–water partition coefficient (Wildman–Crippen LogP) is 2.15. The Morgan fingerprint density at radius 3 is 2.36 bits per heavy atom. The third-order valence-electron chi connectivity index (χ3n) is 1.18. The topological polar surface area (TPSA) is 37.3 Å². The van der Waals surface area contributed by atoms with Crippen molar-refractivity contribution in [3.63, 3.8) is 0 Å². The first-order valence-corrected chi connectivity index (χ1v) is 3.32. The maximum Gasteiger partial charge on any atom is 0.163 e. The van der Waals surface area contributed by atoms with E-state index in [0.29, 0.717) is 0 Å². The van der Waals surface area contributed by atoms with Gasteiger partial charge >= 0.3 is 0 Å². The third-order valence-corrected chi connectivity index (χ3v) is 1.18. The number of carbonyl (C=O) groups excluding carboxylic acids is 1. The quantitative estimate of drug-likeness (QED) is 0.382. The molecule has 0 radical (unpaired) electrons. The van der Waals surface area contributed by atoms with Crippen LogP contribution in [0.4, 0.5) is 0 Å². The van der Waals surface area contributed by atoms with E-state index in [-0.39, 0.29) is 17.1 Å². The molecule has 0 saturated carbocycles. The Bertz CT molecular complexity index is 222. The summed E-state index contributed by atoms with van der Waals surface area (Å²) in [7, 11) is 0. The number of Topliss-reactive ketones (excluding diaryl/α,β-unsaturated/α-hetero) is 1. The predicted molar refractivity (Wildman–Crippen MR) is 45.3 cm³/mol. The van der Waals surface area contributed by atoms with Crippen LogP contribution in [0.1, 0.15) is 13.8 Å². The van der Waals surface area contributed by atoms with Crippen molar-refractivity contribution < 1.29 is 9.90 Å². The Morgan fingerprint density at radius 1 is 1.55 bits per heavy atom. The SMILES string of the molecule is C=C/C(C(C)=O)=C(O)\C=C/C. The van der Waals surface area contributed by atoms with Crippen molar-refractivity contribution in [1.29, 1.82) is 0 Å². The molecule has 60 valence electrons. The molecule has 0 aromatic heterocycles. The molecule has 0 aliphatic rings. The van der Waals surface area contributed by atoms with Gasteiger partial charge in [0.05, 0.1) is 5.57 Å². The largest absolute Gasteiger partial charge is 0.507 e. The summed E-state index contributed by atoms with van der Waals surface area (Å²) in [4.78, 5) is 10.8. The molecule has 0 unspecified atom stereocenters. The van der Waals surface area contributed by atoms with Crippen LogP contribution in [-0.2, 0) is 4.79 Å². The average Bonchev–Trinajstić information content (AvgIpc) is 1.88. The van der Waals surface area contributed by atoms with Gasteiger partial charge in [0.15, 0.2) is 5.78 Å². The van der Waals surface area contributed by atoms with E-state index >= 15 is 0 Å². The minimum atomic E-state index is -0.185. The van der Waals surface area contributed by atoms with E-state index in [4.69, 9.17) is 0 Å². The lowest BCUT2D eigenvalue weighted by Crippen LogP contribution is -1.96. The first kappa shape index (κ1) is 9.69. The maximum absolute atomic E-state index is 10.8. The molecule has 0 heterocycles. The standard InChI is InChI=1S/C9H12O2/c1-4-6-9(11)8(5-2)7(3)10/h4-6,11H,2H2,1,3H3/b6-4-,9-8-. The number of allylic oxidation sites excluding steroid dienone is 4. The highest BCUT2D eigenvalue weighted by atomic mass is 16.3. The number of carbonyl (C=O) groups is 1. The molecular weight excluding hydrogens is 140 g/mol. The Labute approximate surface area is 66.5 Å². The molecule has 0 aliphatic heterocycles. The number of rotatable bonds is 3. The molecule has 2 nitrogen and oxygen atoms in total. The Morgan fingerprint density at radius 2 is 2.09 bits per heavy atom. The molecule has 0 aliphatic carbocycles. The van der Waals surface area contributed by atoms with Gasteiger partial charge in [-0.05, 0) is 19.9 Å². The van der Waals surface area contributed by atoms with Crippen molar-refractivity contribution in [2.45, 2.75) is 13.8 Å². The summed E-state index contributed by atoms with van der Waals surface area (Å²) < 4.78 is 0. The smallest absolute Gasteiger partial charge is 0.163 e. The zero-order valence-corrected chi connectivity index (χ0v) is 6.79. The van der Waals surface area contributed by atoms with Crippen LogP contribution in [0.2, 0.25) is 0 Å². The van der Waals surface area contributed by atoms with Gasteiger partial charge in [0, 0.05) is 0 Å². The van der Waals surface area contributed by atoms with Crippen LogP contribution in [0.25, 0.3) is 0 Å². The molecule has 0 saturated heterocycles. The van der Waals surface area contributed by atoms with Crippen LogP contribution in [0, 0.1) is 0 Å². The summed E-state index contributed by atoms with van der Waals surface area (Å²) in [6.07, 6.45) is 4.46. The fourth-order valence-corrected chi connectivity index (χ4v) is 0.676. The summed E-state index contributed by atoms with van der Waals surface area (Å²) >= 11 is 0. The molecular formula is C9H12O2. The van der Waals surface area contributed by atoms with E-state index in [0.717, 1.165) is 0 Å². The zero-order chi connectivity index (χ0) is 8.85. The minimum absolute atomic E-state index is 0.0324. The van der Waals surface area contributed by atoms with Gasteiger partial charge < -0.3 is 5.11 Å². The number of aliphatic hydroxyl groups is 1. The van der Waals surface area contributed by atoms with Gasteiger partial charge in [-0.3, -0.25) is 4.79 Å². The molecule has 1 N–H and O–H groups in total. The van der Waals surface area contributed by atoms with Crippen LogP contribution in [0.3, 0.4) is 0 Å². The molecule has 0 aromatic carbocycles. The molecule has 0 atom stereocenters. The van der Waals surface area contributed by atoms with Gasteiger partial charge in [0.25, 0.3) is 0 Å². The molecule has 2 heteroatoms. The highest BCUT2D eigenvalue weighted by Crippen LogP contribution is 2.05. The monoisotopic (exact) mass is 152 g/mol. The van der Waals surface area contributed by atoms with Crippen molar-refractivity contribution >= 4 is 5.78 Å². The first-order valence-electron chi connectivity index (χ1n) is 3.32. The first-order chi connectivity index (χ1) is 5.13. The summed E-state index contributed by atoms with van der Waals surface area (Å²) in [5.41, 5.74) is 0.253. The van der Waals surface area contributed by atoms with E-state index < -0.39 is 0 Å². The Hall–Kier alpha value is -1.31. The van der Waals surface area contributed by atoms with Crippen LogP contribution < -0.4 is 0 Å². The Kier molecular flexibility index (Phi) is 3.96. The van der Waals surface area contributed by atoms with Crippen molar-refractivity contribution in [2.24, 2.45) is 0 Å². The second kappa shape index (κ2) is 4.50. The summed E-state index contributed by atoms with van der Waals surface area (Å²) in [5.74, 6) is -0.217. The van der Waals surface area contributed by atoms with E-state index in [1.54, 1.807) is 13.0 Å². The fraction of sp³-hybridized carbons (Fsp3) is 0.222. The van der Waals surface area contributed by atoms with Crippen LogP contribution >= 0.6 is 0 Å². The van der Waals surface area contributed by atoms with Crippen molar-refractivity contribution in [3.05, 3.63) is 36.1 Å². The third kappa shape index (κ3) is 2.85. The van der Waals surface area contributed by atoms with Gasteiger partial charge in [-0.15, -0.1) is 0 Å². The van der Waals surface area contributed by atoms with Crippen molar-refractivity contribution in [3.8, 4) is 0 Å². The van der Waals surface area contributed by atoms with Gasteiger partial charge in [0.1, 0.15) is 5.76 Å². The lowest BCUT2D eigenvalue weighted by atomic mass is 10.1. The minimum Gasteiger partial charge on any atom is -0.507 e. The normalized spacial score (nSPS) is 12.9. The van der Waals surface area contributed by atoms with Gasteiger partial charge in [-0.2, -0.15) is 0 Å². The maximum atomic E-state index is 10.8. The van der Waals surface area contributed by atoms with Crippen LogP contribution in [0.5, 0.6) is 0 Å². The molecule has 0 fully saturated rings. The number of hydrogen-bond donors (Lipinski definition) is 1. The van der Waals surface area contributed by atoms with Crippen LogP contribution in [0.15, 0.2) is 36.1 Å². The molecule has 0 spiro atoms. The lowest BCUT2D eigenvalue weighted by molar-refractivity contribution is -0.113. The van der Waals surface area contributed by atoms with Crippen LogP contribution in [-0.4, -0.2) is 10.9 Å². The Balaban J connectivity index is 4.82. The molecule has 0 amide bonds. The van der Waals surface area contributed by atoms with Gasteiger partial charge in [-0.1, -0.05) is 18.7 Å². The summed E-state index contributed by atoms with van der Waals surface area (Å²) in [6, 6.07) is 0. The number of hydrogen-bond acceptors (Lipinski definition) is 2. The van der Waals surface area contributed by atoms with Crippen molar-refractivity contribution in [2.75, 3.05) is 0 Å². The molecule has 0 rings (SSSR count). The van der Waals surface area contributed by atoms with E-state index in [1.807, 2.05) is 0 Å². The zero-order valence-electron chi connectivity index (χ0n) is 6.79. The number of aliphatic hydroxyl groups excluding tert-OH is 1. The van der Waals surface area contributed by atoms with E-state index in [1.165, 1.54) is 19.1 Å².